The topological polar surface area (TPSA) is 129 Å². The number of aliphatic hydroxyl groups is 1. The van der Waals surface area contributed by atoms with E-state index in [-0.39, 0.29) is 6.61 Å². The number of carbonyl (C=O) groups is 1. The van der Waals surface area contributed by atoms with E-state index in [9.17, 15) is 4.79 Å². The Labute approximate surface area is 204 Å². The molecule has 1 fully saturated rings. The molecule has 0 bridgehead atoms. The van der Waals surface area contributed by atoms with Gasteiger partial charge in [0.2, 0.25) is 0 Å². The minimum Gasteiger partial charge on any atom is -0.395 e. The third-order valence-electron chi connectivity index (χ3n) is 5.60. The second-order valence-corrected chi connectivity index (χ2v) is 8.18. The number of nitrogens with zero attached hydrogens (tertiary/aromatic N) is 5. The van der Waals surface area contributed by atoms with E-state index in [0.29, 0.717) is 35.1 Å². The Morgan fingerprint density at radius 3 is 2.43 bits per heavy atom. The molecule has 0 radical (unpaired) electrons. The van der Waals surface area contributed by atoms with Gasteiger partial charge in [0, 0.05) is 55.9 Å². The first-order valence-electron chi connectivity index (χ1n) is 11.4. The molecule has 3 aromatic rings. The highest BCUT2D eigenvalue weighted by Gasteiger charge is 2.18. The van der Waals surface area contributed by atoms with E-state index in [4.69, 9.17) is 10.4 Å². The van der Waals surface area contributed by atoms with Crippen molar-refractivity contribution in [3.05, 3.63) is 66.0 Å². The van der Waals surface area contributed by atoms with Gasteiger partial charge in [-0.15, -0.1) is 0 Å². The third kappa shape index (κ3) is 6.66. The number of rotatable bonds is 7. The van der Waals surface area contributed by atoms with E-state index in [1.807, 2.05) is 31.2 Å². The van der Waals surface area contributed by atoms with Crippen LogP contribution in [0.3, 0.4) is 0 Å². The summed E-state index contributed by atoms with van der Waals surface area (Å²) in [5, 5.41) is 26.9. The predicted molar refractivity (Wildman–Crippen MR) is 136 cm³/mol. The van der Waals surface area contributed by atoms with Crippen molar-refractivity contribution in [2.45, 2.75) is 6.92 Å². The zero-order valence-corrected chi connectivity index (χ0v) is 19.5. The molecule has 2 aromatic carbocycles. The lowest BCUT2D eigenvalue weighted by Crippen LogP contribution is -2.47. The lowest BCUT2D eigenvalue weighted by molar-refractivity contribution is 0.188. The standard InChI is InChI=1S/C25H28N8O2/c1-18-27-23(16-24(28-18)33-11-9-32(10-12-33)13-14-34)29-20-5-7-21(8-6-20)30-25(35)31-22-4-2-3-19(15-22)17-26/h2-8,15-16,34H,9-14H2,1H3,(H,27,28,29)(H2,30,31,35). The number of aromatic nitrogens is 2. The van der Waals surface area contributed by atoms with Gasteiger partial charge in [-0.25, -0.2) is 14.8 Å². The summed E-state index contributed by atoms with van der Waals surface area (Å²) < 4.78 is 0. The molecule has 0 unspecified atom stereocenters. The van der Waals surface area contributed by atoms with E-state index >= 15 is 0 Å². The molecular formula is C25H28N8O2. The number of hydrogen-bond donors (Lipinski definition) is 4. The molecule has 0 aliphatic carbocycles. The van der Waals surface area contributed by atoms with E-state index in [1.165, 1.54) is 0 Å². The molecule has 2 heterocycles. The summed E-state index contributed by atoms with van der Waals surface area (Å²) in [6.07, 6.45) is 0. The van der Waals surface area contributed by atoms with Crippen LogP contribution in [0.15, 0.2) is 54.6 Å². The van der Waals surface area contributed by atoms with Crippen molar-refractivity contribution in [3.8, 4) is 6.07 Å². The van der Waals surface area contributed by atoms with Gasteiger partial charge in [0.05, 0.1) is 18.2 Å². The SMILES string of the molecule is Cc1nc(Nc2ccc(NC(=O)Nc3cccc(C#N)c3)cc2)cc(N2CCN(CCO)CC2)n1. The summed E-state index contributed by atoms with van der Waals surface area (Å²) in [6.45, 7) is 6.21. The molecule has 1 aromatic heterocycles. The van der Waals surface area contributed by atoms with Crippen molar-refractivity contribution in [2.75, 3.05) is 60.2 Å². The van der Waals surface area contributed by atoms with Gasteiger partial charge < -0.3 is 26.0 Å². The number of aryl methyl sites for hydroxylation is 1. The Morgan fingerprint density at radius 1 is 1.00 bits per heavy atom. The van der Waals surface area contributed by atoms with Crippen LogP contribution in [0.4, 0.5) is 33.5 Å². The average molecular weight is 473 g/mol. The Balaban J connectivity index is 1.35. The number of benzene rings is 2. The van der Waals surface area contributed by atoms with Crippen LogP contribution in [0.1, 0.15) is 11.4 Å². The number of nitrogens with one attached hydrogen (secondary N) is 3. The normalized spacial score (nSPS) is 13.7. The Hall–Kier alpha value is -4.20. The van der Waals surface area contributed by atoms with Gasteiger partial charge in [0.15, 0.2) is 0 Å². The minimum atomic E-state index is -0.393. The Morgan fingerprint density at radius 2 is 1.71 bits per heavy atom. The highest BCUT2D eigenvalue weighted by atomic mass is 16.3. The molecule has 1 saturated heterocycles. The van der Waals surface area contributed by atoms with Crippen LogP contribution in [-0.4, -0.2) is 65.3 Å². The molecule has 2 amide bonds. The molecule has 35 heavy (non-hydrogen) atoms. The Kier molecular flexibility index (Phi) is 7.72. The third-order valence-corrected chi connectivity index (χ3v) is 5.60. The first-order valence-corrected chi connectivity index (χ1v) is 11.4. The van der Waals surface area contributed by atoms with Crippen molar-refractivity contribution in [1.29, 1.82) is 5.26 Å². The van der Waals surface area contributed by atoms with Crippen molar-refractivity contribution >= 4 is 34.7 Å². The second-order valence-electron chi connectivity index (χ2n) is 8.18. The fourth-order valence-corrected chi connectivity index (χ4v) is 3.86. The van der Waals surface area contributed by atoms with Crippen LogP contribution >= 0.6 is 0 Å². The highest BCUT2D eigenvalue weighted by Crippen LogP contribution is 2.22. The fourth-order valence-electron chi connectivity index (χ4n) is 3.86. The van der Waals surface area contributed by atoms with Crippen LogP contribution in [-0.2, 0) is 0 Å². The smallest absolute Gasteiger partial charge is 0.323 e. The van der Waals surface area contributed by atoms with Crippen LogP contribution in [0.25, 0.3) is 0 Å². The number of β-amino-alcohol motifs (C(OH)–C–C–N with tert-alkyl or cyclic N) is 1. The maximum atomic E-state index is 12.3. The molecule has 0 saturated carbocycles. The molecule has 1 aliphatic rings. The minimum absolute atomic E-state index is 0.176. The molecule has 180 valence electrons. The van der Waals surface area contributed by atoms with E-state index in [2.05, 4.69) is 35.7 Å². The zero-order valence-electron chi connectivity index (χ0n) is 19.5. The van der Waals surface area contributed by atoms with E-state index < -0.39 is 6.03 Å². The van der Waals surface area contributed by atoms with E-state index in [0.717, 1.165) is 37.7 Å². The quantitative estimate of drug-likeness (QED) is 0.413. The number of aliphatic hydroxyl groups excluding tert-OH is 1. The van der Waals surface area contributed by atoms with Crippen molar-refractivity contribution in [3.63, 3.8) is 0 Å². The molecule has 0 atom stereocenters. The number of urea groups is 1. The number of anilines is 5. The molecule has 4 rings (SSSR count). The van der Waals surface area contributed by atoms with Crippen molar-refractivity contribution < 1.29 is 9.90 Å². The summed E-state index contributed by atoms with van der Waals surface area (Å²) in [5.41, 5.74) is 2.48. The van der Waals surface area contributed by atoms with Crippen LogP contribution in [0, 0.1) is 18.3 Å². The lowest BCUT2D eigenvalue weighted by atomic mass is 10.2. The number of amides is 2. The summed E-state index contributed by atoms with van der Waals surface area (Å²) in [4.78, 5) is 25.9. The summed E-state index contributed by atoms with van der Waals surface area (Å²) in [6, 6.07) is 17.6. The summed E-state index contributed by atoms with van der Waals surface area (Å²) in [5.74, 6) is 2.25. The largest absolute Gasteiger partial charge is 0.395 e. The Bertz CT molecular complexity index is 1200. The van der Waals surface area contributed by atoms with Gasteiger partial charge in [0.1, 0.15) is 17.5 Å². The molecule has 1 aliphatic heterocycles. The maximum absolute atomic E-state index is 12.3. The molecular weight excluding hydrogens is 444 g/mol. The van der Waals surface area contributed by atoms with Gasteiger partial charge in [-0.1, -0.05) is 6.07 Å². The van der Waals surface area contributed by atoms with Crippen LogP contribution in [0.2, 0.25) is 0 Å². The van der Waals surface area contributed by atoms with Crippen LogP contribution in [0.5, 0.6) is 0 Å². The van der Waals surface area contributed by atoms with Crippen molar-refractivity contribution in [1.82, 2.24) is 14.9 Å². The maximum Gasteiger partial charge on any atom is 0.323 e. The van der Waals surface area contributed by atoms with Gasteiger partial charge in [-0.3, -0.25) is 4.90 Å². The molecule has 10 nitrogen and oxygen atoms in total. The first-order chi connectivity index (χ1) is 17.0. The molecule has 4 N–H and O–H groups in total. The second kappa shape index (κ2) is 11.3. The molecule has 10 heteroatoms. The van der Waals surface area contributed by atoms with Crippen molar-refractivity contribution in [2.24, 2.45) is 0 Å². The van der Waals surface area contributed by atoms with Crippen LogP contribution < -0.4 is 20.9 Å². The zero-order chi connectivity index (χ0) is 24.6. The van der Waals surface area contributed by atoms with E-state index in [1.54, 1.807) is 36.4 Å². The summed E-state index contributed by atoms with van der Waals surface area (Å²) >= 11 is 0. The van der Waals surface area contributed by atoms with Gasteiger partial charge in [0.25, 0.3) is 0 Å². The monoisotopic (exact) mass is 472 g/mol. The average Bonchev–Trinajstić information content (AvgIpc) is 2.85. The van der Waals surface area contributed by atoms with Gasteiger partial charge in [-0.05, 0) is 49.4 Å². The predicted octanol–water partition coefficient (Wildman–Crippen LogP) is 3.16. The van der Waals surface area contributed by atoms with Gasteiger partial charge in [-0.2, -0.15) is 5.26 Å². The number of carbonyl (C=O) groups excluding carboxylic acids is 1. The molecule has 0 spiro atoms. The number of hydrogen-bond acceptors (Lipinski definition) is 8. The fraction of sp³-hybridized carbons (Fsp3) is 0.280. The summed E-state index contributed by atoms with van der Waals surface area (Å²) in [7, 11) is 0. The number of piperazine rings is 1. The number of nitriles is 1. The first kappa shape index (κ1) is 23.9. The highest BCUT2D eigenvalue weighted by molar-refractivity contribution is 5.99. The van der Waals surface area contributed by atoms with Gasteiger partial charge >= 0.3 is 6.03 Å². The lowest BCUT2D eigenvalue weighted by Gasteiger charge is -2.35.